The van der Waals surface area contributed by atoms with E-state index in [1.165, 1.54) is 18.2 Å². The van der Waals surface area contributed by atoms with E-state index < -0.39 is 59.2 Å². The Bertz CT molecular complexity index is 2000. The minimum atomic E-state index is -2.15. The highest BCUT2D eigenvalue weighted by Gasteiger charge is 2.73. The summed E-state index contributed by atoms with van der Waals surface area (Å²) in [5.74, 6) is -3.41. The van der Waals surface area contributed by atoms with E-state index in [0.29, 0.717) is 25.3 Å². The Balaban J connectivity index is 0.000000209. The zero-order valence-electron chi connectivity index (χ0n) is 31.8. The summed E-state index contributed by atoms with van der Waals surface area (Å²) in [5, 5.41) is 25.2. The van der Waals surface area contributed by atoms with Crippen LogP contribution in [0.1, 0.15) is 71.8 Å². The van der Waals surface area contributed by atoms with Gasteiger partial charge in [0.25, 0.3) is 0 Å². The van der Waals surface area contributed by atoms with Crippen LogP contribution in [0.4, 0.5) is 8.78 Å². The molecule has 0 saturated heterocycles. The second-order valence-electron chi connectivity index (χ2n) is 16.0. The van der Waals surface area contributed by atoms with Crippen LogP contribution in [0, 0.1) is 34.5 Å². The fourth-order valence-corrected chi connectivity index (χ4v) is 10.1. The SMILES string of the molecule is CCCCC(=O)OCC(=O)[C@H]1[C@H](C)C[C@H]2[C@@H]3C[C@H](F)C4=CC(=O)C=C[C@]4(C)[C@@]3(F)[C@@H](O)C[C@@]21C.O=C(O)COc1nn(Cc2ccccc2)c2ccccc12. The summed E-state index contributed by atoms with van der Waals surface area (Å²) in [6.45, 7) is 7.24. The van der Waals surface area contributed by atoms with Crippen LogP contribution in [0.15, 0.2) is 78.4 Å². The summed E-state index contributed by atoms with van der Waals surface area (Å²) in [6, 6.07) is 17.6. The number of aliphatic hydroxyl groups excluding tert-OH is 1. The number of carboxylic acids is 1. The molecule has 55 heavy (non-hydrogen) atoms. The number of ether oxygens (including phenoxy) is 2. The maximum absolute atomic E-state index is 17.1. The number of hydrogen-bond acceptors (Lipinski definition) is 8. The number of carboxylic acid groups (broad SMARTS) is 1. The number of carbonyl (C=O) groups excluding carboxylic acids is 3. The molecule has 10 nitrogen and oxygen atoms in total. The minimum absolute atomic E-state index is 0.0524. The van der Waals surface area contributed by atoms with Gasteiger partial charge in [-0.1, -0.05) is 75.7 Å². The van der Waals surface area contributed by atoms with E-state index in [2.05, 4.69) is 5.10 Å². The average Bonchev–Trinajstić information content (AvgIpc) is 3.64. The monoisotopic (exact) mass is 760 g/mol. The third kappa shape index (κ3) is 7.37. The van der Waals surface area contributed by atoms with Crippen LogP contribution in [-0.2, 0) is 30.5 Å². The quantitative estimate of drug-likeness (QED) is 0.197. The van der Waals surface area contributed by atoms with Crippen LogP contribution in [0.3, 0.4) is 0 Å². The minimum Gasteiger partial charge on any atom is -0.479 e. The molecule has 12 heteroatoms. The number of hydrogen-bond donors (Lipinski definition) is 2. The Morgan fingerprint density at radius 2 is 1.73 bits per heavy atom. The van der Waals surface area contributed by atoms with Gasteiger partial charge in [-0.2, -0.15) is 0 Å². The van der Waals surface area contributed by atoms with Gasteiger partial charge in [0.05, 0.1) is 23.6 Å². The molecule has 0 unspecified atom stereocenters. The smallest absolute Gasteiger partial charge is 0.341 e. The van der Waals surface area contributed by atoms with Crippen molar-refractivity contribution in [3.8, 4) is 5.88 Å². The van der Waals surface area contributed by atoms with Gasteiger partial charge < -0.3 is 19.7 Å². The number of rotatable bonds is 11. The number of aromatic nitrogens is 2. The zero-order valence-corrected chi connectivity index (χ0v) is 31.8. The molecular formula is C43H50F2N2O8. The number of nitrogens with zero attached hydrogens (tertiary/aromatic N) is 2. The zero-order chi connectivity index (χ0) is 39.7. The first kappa shape index (κ1) is 40.0. The fourth-order valence-electron chi connectivity index (χ4n) is 10.1. The van der Waals surface area contributed by atoms with Gasteiger partial charge in [0.1, 0.15) is 12.8 Å². The molecule has 0 aliphatic heterocycles. The van der Waals surface area contributed by atoms with Crippen molar-refractivity contribution in [2.24, 2.45) is 34.5 Å². The van der Waals surface area contributed by atoms with Crippen LogP contribution < -0.4 is 4.74 Å². The normalized spacial score (nSPS) is 32.0. The van der Waals surface area contributed by atoms with E-state index >= 15 is 8.78 Å². The number of Topliss-reactive ketones (excluding diaryl/α,β-unsaturated/α-hetero) is 1. The predicted molar refractivity (Wildman–Crippen MR) is 201 cm³/mol. The second-order valence-corrected chi connectivity index (χ2v) is 16.0. The molecule has 4 aliphatic carbocycles. The molecule has 3 saturated carbocycles. The van der Waals surface area contributed by atoms with Crippen LogP contribution >= 0.6 is 0 Å². The number of esters is 1. The standard InChI is InChI=1S/C27H36F2O5.C16H14N2O3/c1-5-6-7-23(33)34-14-21(31)24-15(2)10-17-18-12-20(28)19-11-16(30)8-9-26(19,4)27(18,29)22(32)13-25(17,24)3;19-15(20)11-21-16-13-8-4-5-9-14(13)18(17-16)10-12-6-2-1-3-7-12/h8-9,11,15,17-18,20,22,24,32H,5-7,10,12-14H2,1-4H3;1-9H,10-11H2,(H,19,20)/t15-,17+,18+,20+,22+,24-,25+,26+,27+;/m1./s1. The number of para-hydroxylation sites is 1. The molecule has 4 aliphatic rings. The lowest BCUT2D eigenvalue weighted by Gasteiger charge is -2.62. The maximum Gasteiger partial charge on any atom is 0.341 e. The summed E-state index contributed by atoms with van der Waals surface area (Å²) in [7, 11) is 0. The van der Waals surface area contributed by atoms with Crippen molar-refractivity contribution in [1.29, 1.82) is 0 Å². The molecule has 0 radical (unpaired) electrons. The molecule has 1 aromatic heterocycles. The first-order valence-corrected chi connectivity index (χ1v) is 19.1. The average molecular weight is 761 g/mol. The highest BCUT2D eigenvalue weighted by Crippen LogP contribution is 2.70. The van der Waals surface area contributed by atoms with Gasteiger partial charge in [-0.15, -0.1) is 5.10 Å². The van der Waals surface area contributed by atoms with Gasteiger partial charge in [0.2, 0.25) is 5.88 Å². The first-order chi connectivity index (χ1) is 26.1. The topological polar surface area (TPSA) is 145 Å². The van der Waals surface area contributed by atoms with Gasteiger partial charge in [0.15, 0.2) is 23.8 Å². The van der Waals surface area contributed by atoms with E-state index in [-0.39, 0.29) is 54.8 Å². The molecule has 7 rings (SSSR count). The number of benzene rings is 2. The lowest BCUT2D eigenvalue weighted by atomic mass is 9.45. The van der Waals surface area contributed by atoms with E-state index in [1.54, 1.807) is 6.92 Å². The van der Waals surface area contributed by atoms with Gasteiger partial charge in [-0.3, -0.25) is 19.1 Å². The molecular weight excluding hydrogens is 710 g/mol. The van der Waals surface area contributed by atoms with E-state index in [1.807, 2.05) is 80.1 Å². The van der Waals surface area contributed by atoms with Crippen molar-refractivity contribution in [3.05, 3.63) is 84.0 Å². The number of unbranched alkanes of at least 4 members (excludes halogenated alkanes) is 1. The highest BCUT2D eigenvalue weighted by molar-refractivity contribution is 6.01. The van der Waals surface area contributed by atoms with E-state index in [4.69, 9.17) is 14.6 Å². The van der Waals surface area contributed by atoms with Gasteiger partial charge >= 0.3 is 11.9 Å². The third-order valence-electron chi connectivity index (χ3n) is 12.6. The van der Waals surface area contributed by atoms with Crippen LogP contribution in [0.5, 0.6) is 5.88 Å². The number of carbonyl (C=O) groups is 4. The Hall–Kier alpha value is -4.71. The van der Waals surface area contributed by atoms with Crippen molar-refractivity contribution < 1.29 is 47.6 Å². The second kappa shape index (κ2) is 15.8. The molecule has 0 amide bonds. The van der Waals surface area contributed by atoms with Crippen molar-refractivity contribution in [3.63, 3.8) is 0 Å². The molecule has 294 valence electrons. The molecule has 3 aromatic rings. The van der Waals surface area contributed by atoms with Gasteiger partial charge in [0, 0.05) is 23.7 Å². The molecule has 0 bridgehead atoms. The lowest BCUT2D eigenvalue weighted by molar-refractivity contribution is -0.202. The summed E-state index contributed by atoms with van der Waals surface area (Å²) in [5.41, 5.74) is -2.18. The lowest BCUT2D eigenvalue weighted by Crippen LogP contribution is -2.68. The van der Waals surface area contributed by atoms with Gasteiger partial charge in [-0.25, -0.2) is 13.6 Å². The van der Waals surface area contributed by atoms with Crippen molar-refractivity contribution in [1.82, 2.24) is 9.78 Å². The number of allylic oxidation sites excluding steroid dienone is 4. The summed E-state index contributed by atoms with van der Waals surface area (Å²) < 4.78 is 44.8. The maximum atomic E-state index is 17.1. The Labute approximate surface area is 319 Å². The fraction of sp³-hybridized carbons (Fsp3) is 0.512. The molecule has 0 spiro atoms. The predicted octanol–water partition coefficient (Wildman–Crippen LogP) is 7.02. The molecule has 3 fully saturated rings. The molecule has 9 atom stereocenters. The van der Waals surface area contributed by atoms with Crippen LogP contribution in [-0.4, -0.2) is 74.7 Å². The summed E-state index contributed by atoms with van der Waals surface area (Å²) >= 11 is 0. The van der Waals surface area contributed by atoms with Crippen molar-refractivity contribution in [2.45, 2.75) is 90.7 Å². The van der Waals surface area contributed by atoms with Crippen molar-refractivity contribution >= 4 is 34.4 Å². The molecule has 1 heterocycles. The van der Waals surface area contributed by atoms with E-state index in [0.717, 1.165) is 22.9 Å². The van der Waals surface area contributed by atoms with Gasteiger partial charge in [-0.05, 0) is 85.3 Å². The number of fused-ring (bicyclic) bond motifs is 6. The Kier molecular flexibility index (Phi) is 11.5. The molecule has 2 N–H and O–H groups in total. The summed E-state index contributed by atoms with van der Waals surface area (Å²) in [6.07, 6.45) is 3.20. The summed E-state index contributed by atoms with van der Waals surface area (Å²) in [4.78, 5) is 47.8. The first-order valence-electron chi connectivity index (χ1n) is 19.1. The number of ketones is 2. The molecule has 2 aromatic carbocycles. The Morgan fingerprint density at radius 3 is 2.44 bits per heavy atom. The van der Waals surface area contributed by atoms with E-state index in [9.17, 15) is 24.3 Å². The number of aliphatic carboxylic acids is 1. The highest BCUT2D eigenvalue weighted by atomic mass is 19.1. The number of alkyl halides is 2. The Morgan fingerprint density at radius 1 is 1.02 bits per heavy atom. The number of halogens is 2. The van der Waals surface area contributed by atoms with Crippen LogP contribution in [0.25, 0.3) is 10.9 Å². The largest absolute Gasteiger partial charge is 0.479 e. The third-order valence-corrected chi connectivity index (χ3v) is 12.6. The van der Waals surface area contributed by atoms with Crippen LogP contribution in [0.2, 0.25) is 0 Å². The van der Waals surface area contributed by atoms with Crippen molar-refractivity contribution in [2.75, 3.05) is 13.2 Å². The number of aliphatic hydroxyl groups is 1.